The average Bonchev–Trinajstić information content (AvgIpc) is 2.65. The largest absolute Gasteiger partial charge is 0.492 e. The van der Waals surface area contributed by atoms with Crippen molar-refractivity contribution in [2.75, 3.05) is 24.6 Å². The molecule has 0 aliphatic carbocycles. The fraction of sp³-hybridized carbons (Fsp3) is 0.333. The van der Waals surface area contributed by atoms with Gasteiger partial charge in [0.25, 0.3) is 0 Å². The van der Waals surface area contributed by atoms with Crippen LogP contribution in [0.25, 0.3) is 0 Å². The normalized spacial score (nSPS) is 10.3. The summed E-state index contributed by atoms with van der Waals surface area (Å²) in [5.41, 5.74) is 1.61. The van der Waals surface area contributed by atoms with Gasteiger partial charge in [-0.1, -0.05) is 24.3 Å². The lowest BCUT2D eigenvalue weighted by Crippen LogP contribution is -2.34. The Morgan fingerprint density at radius 1 is 1.11 bits per heavy atom. The molecule has 0 bridgehead atoms. The molecule has 2 aromatic carbocycles. The van der Waals surface area contributed by atoms with Crippen molar-refractivity contribution in [3.8, 4) is 5.75 Å². The van der Waals surface area contributed by atoms with Gasteiger partial charge < -0.3 is 15.0 Å². The maximum Gasteiger partial charge on any atom is 0.223 e. The molecule has 27 heavy (non-hydrogen) atoms. The van der Waals surface area contributed by atoms with Gasteiger partial charge in [0, 0.05) is 26.4 Å². The zero-order chi connectivity index (χ0) is 19.6. The second kappa shape index (κ2) is 10.3. The predicted octanol–water partition coefficient (Wildman–Crippen LogP) is 3.33. The van der Waals surface area contributed by atoms with Crippen LogP contribution < -0.4 is 15.0 Å². The van der Waals surface area contributed by atoms with E-state index in [0.29, 0.717) is 31.0 Å². The summed E-state index contributed by atoms with van der Waals surface area (Å²) in [6.45, 7) is 4.56. The SMILES string of the molecule is CCOc1ccccc1N(CCC(=O)NCCc1ccc(F)cc1)C(C)=O. The number of para-hydroxylation sites is 2. The molecular weight excluding hydrogens is 347 g/mol. The minimum atomic E-state index is -0.278. The van der Waals surface area contributed by atoms with Crippen LogP contribution in [0.5, 0.6) is 5.75 Å². The highest BCUT2D eigenvalue weighted by Gasteiger charge is 2.17. The van der Waals surface area contributed by atoms with Crippen molar-refractivity contribution in [1.82, 2.24) is 5.32 Å². The number of anilines is 1. The van der Waals surface area contributed by atoms with Crippen LogP contribution in [0.15, 0.2) is 48.5 Å². The molecule has 0 saturated heterocycles. The van der Waals surface area contributed by atoms with Crippen molar-refractivity contribution >= 4 is 17.5 Å². The Kier molecular flexibility index (Phi) is 7.79. The number of nitrogens with zero attached hydrogens (tertiary/aromatic N) is 1. The molecule has 2 amide bonds. The first-order valence-corrected chi connectivity index (χ1v) is 9.02. The summed E-state index contributed by atoms with van der Waals surface area (Å²) in [4.78, 5) is 25.7. The summed E-state index contributed by atoms with van der Waals surface area (Å²) in [6, 6.07) is 13.5. The van der Waals surface area contributed by atoms with E-state index in [1.165, 1.54) is 19.1 Å². The summed E-state index contributed by atoms with van der Waals surface area (Å²) >= 11 is 0. The Morgan fingerprint density at radius 3 is 2.48 bits per heavy atom. The number of nitrogens with one attached hydrogen (secondary N) is 1. The van der Waals surface area contributed by atoms with Gasteiger partial charge in [-0.3, -0.25) is 9.59 Å². The molecule has 2 rings (SSSR count). The van der Waals surface area contributed by atoms with Crippen molar-refractivity contribution in [2.45, 2.75) is 26.7 Å². The van der Waals surface area contributed by atoms with Crippen LogP contribution in [-0.2, 0) is 16.0 Å². The Hall–Kier alpha value is -2.89. The molecule has 0 saturated carbocycles. The average molecular weight is 372 g/mol. The monoisotopic (exact) mass is 372 g/mol. The first-order valence-electron chi connectivity index (χ1n) is 9.02. The van der Waals surface area contributed by atoms with Crippen LogP contribution in [0, 0.1) is 5.82 Å². The number of carbonyl (C=O) groups is 2. The van der Waals surface area contributed by atoms with Gasteiger partial charge in [-0.2, -0.15) is 0 Å². The van der Waals surface area contributed by atoms with Crippen molar-refractivity contribution in [1.29, 1.82) is 0 Å². The van der Waals surface area contributed by atoms with Gasteiger partial charge in [0.15, 0.2) is 0 Å². The molecule has 6 heteroatoms. The van der Waals surface area contributed by atoms with Crippen molar-refractivity contribution < 1.29 is 18.7 Å². The van der Waals surface area contributed by atoms with E-state index in [0.717, 1.165) is 5.56 Å². The molecule has 5 nitrogen and oxygen atoms in total. The molecule has 0 atom stereocenters. The summed E-state index contributed by atoms with van der Waals surface area (Å²) in [5.74, 6) is 0.0462. The van der Waals surface area contributed by atoms with Gasteiger partial charge in [0.2, 0.25) is 11.8 Å². The third kappa shape index (κ3) is 6.40. The topological polar surface area (TPSA) is 58.6 Å². The Balaban J connectivity index is 1.87. The number of hydrogen-bond donors (Lipinski definition) is 1. The van der Waals surface area contributed by atoms with E-state index in [9.17, 15) is 14.0 Å². The highest BCUT2D eigenvalue weighted by molar-refractivity contribution is 5.93. The zero-order valence-electron chi connectivity index (χ0n) is 15.7. The standard InChI is InChI=1S/C21H25FN2O3/c1-3-27-20-7-5-4-6-19(20)24(16(2)25)15-13-21(26)23-14-12-17-8-10-18(22)11-9-17/h4-11H,3,12-15H2,1-2H3,(H,23,26). The van der Waals surface area contributed by atoms with E-state index in [1.54, 1.807) is 29.2 Å². The molecule has 0 fully saturated rings. The quantitative estimate of drug-likeness (QED) is 0.735. The number of hydrogen-bond acceptors (Lipinski definition) is 3. The first-order chi connectivity index (χ1) is 13.0. The fourth-order valence-electron chi connectivity index (χ4n) is 2.70. The number of ether oxygens (including phenoxy) is 1. The number of benzene rings is 2. The lowest BCUT2D eigenvalue weighted by molar-refractivity contribution is -0.121. The minimum Gasteiger partial charge on any atom is -0.492 e. The van der Waals surface area contributed by atoms with Crippen LogP contribution in [0.4, 0.5) is 10.1 Å². The van der Waals surface area contributed by atoms with Gasteiger partial charge >= 0.3 is 0 Å². The number of carbonyl (C=O) groups excluding carboxylic acids is 2. The van der Waals surface area contributed by atoms with Gasteiger partial charge in [-0.05, 0) is 43.2 Å². The first kappa shape index (κ1) is 20.4. The van der Waals surface area contributed by atoms with Crippen LogP contribution in [0.2, 0.25) is 0 Å². The lowest BCUT2D eigenvalue weighted by atomic mass is 10.1. The minimum absolute atomic E-state index is 0.141. The molecule has 0 aliphatic heterocycles. The third-order valence-electron chi connectivity index (χ3n) is 4.05. The predicted molar refractivity (Wildman–Crippen MR) is 103 cm³/mol. The molecule has 2 aromatic rings. The molecule has 0 spiro atoms. The van der Waals surface area contributed by atoms with Crippen LogP contribution in [0.1, 0.15) is 25.8 Å². The van der Waals surface area contributed by atoms with Crippen LogP contribution in [-0.4, -0.2) is 31.5 Å². The highest BCUT2D eigenvalue weighted by atomic mass is 19.1. The van der Waals surface area contributed by atoms with E-state index in [4.69, 9.17) is 4.74 Å². The van der Waals surface area contributed by atoms with E-state index in [2.05, 4.69) is 5.32 Å². The zero-order valence-corrected chi connectivity index (χ0v) is 15.7. The van der Waals surface area contributed by atoms with Crippen molar-refractivity contribution in [3.05, 3.63) is 59.9 Å². The molecule has 0 radical (unpaired) electrons. The Morgan fingerprint density at radius 2 is 1.81 bits per heavy atom. The Labute approximate surface area is 159 Å². The van der Waals surface area contributed by atoms with Crippen molar-refractivity contribution in [3.63, 3.8) is 0 Å². The van der Waals surface area contributed by atoms with E-state index in [-0.39, 0.29) is 30.6 Å². The fourth-order valence-corrected chi connectivity index (χ4v) is 2.70. The van der Waals surface area contributed by atoms with E-state index >= 15 is 0 Å². The second-order valence-corrected chi connectivity index (χ2v) is 6.05. The molecule has 0 heterocycles. The van der Waals surface area contributed by atoms with E-state index < -0.39 is 0 Å². The number of amides is 2. The lowest BCUT2D eigenvalue weighted by Gasteiger charge is -2.23. The molecule has 1 N–H and O–H groups in total. The van der Waals surface area contributed by atoms with E-state index in [1.807, 2.05) is 19.1 Å². The molecule has 0 aliphatic rings. The molecule has 0 unspecified atom stereocenters. The third-order valence-corrected chi connectivity index (χ3v) is 4.05. The highest BCUT2D eigenvalue weighted by Crippen LogP contribution is 2.28. The summed E-state index contributed by atoms with van der Waals surface area (Å²) in [5, 5.41) is 2.83. The van der Waals surface area contributed by atoms with Crippen LogP contribution >= 0.6 is 0 Å². The van der Waals surface area contributed by atoms with Gasteiger partial charge in [0.05, 0.1) is 12.3 Å². The van der Waals surface area contributed by atoms with Gasteiger partial charge in [-0.15, -0.1) is 0 Å². The summed E-state index contributed by atoms with van der Waals surface area (Å²) in [6.07, 6.45) is 0.805. The summed E-state index contributed by atoms with van der Waals surface area (Å²) in [7, 11) is 0. The number of rotatable bonds is 9. The molecule has 0 aromatic heterocycles. The smallest absolute Gasteiger partial charge is 0.223 e. The maximum atomic E-state index is 12.9. The van der Waals surface area contributed by atoms with Gasteiger partial charge in [0.1, 0.15) is 11.6 Å². The van der Waals surface area contributed by atoms with Gasteiger partial charge in [-0.25, -0.2) is 4.39 Å². The Bertz CT molecular complexity index is 762. The molecule has 144 valence electrons. The second-order valence-electron chi connectivity index (χ2n) is 6.05. The number of halogens is 1. The van der Waals surface area contributed by atoms with Crippen LogP contribution in [0.3, 0.4) is 0 Å². The molecular formula is C21H25FN2O3. The maximum absolute atomic E-state index is 12.9. The summed E-state index contributed by atoms with van der Waals surface area (Å²) < 4.78 is 18.5. The van der Waals surface area contributed by atoms with Crippen molar-refractivity contribution in [2.24, 2.45) is 0 Å².